The summed E-state index contributed by atoms with van der Waals surface area (Å²) in [5.74, 6) is 0.505. The van der Waals surface area contributed by atoms with Crippen LogP contribution in [0.3, 0.4) is 0 Å². The van der Waals surface area contributed by atoms with Gasteiger partial charge in [-0.25, -0.2) is 4.98 Å². The molecule has 0 aromatic carbocycles. The van der Waals surface area contributed by atoms with Crippen LogP contribution in [0.4, 0.5) is 5.82 Å². The van der Waals surface area contributed by atoms with E-state index in [4.69, 9.17) is 0 Å². The number of likely N-dealkylation sites (tertiary alicyclic amines) is 1. The van der Waals surface area contributed by atoms with Crippen molar-refractivity contribution in [2.24, 2.45) is 0 Å². The number of rotatable bonds is 8. The molecule has 1 aromatic heterocycles. The fourth-order valence-electron chi connectivity index (χ4n) is 2.41. The van der Waals surface area contributed by atoms with E-state index in [-0.39, 0.29) is 5.91 Å². The second-order valence-corrected chi connectivity index (χ2v) is 5.37. The van der Waals surface area contributed by atoms with Crippen molar-refractivity contribution in [1.29, 1.82) is 0 Å². The highest BCUT2D eigenvalue weighted by Gasteiger charge is 2.11. The van der Waals surface area contributed by atoms with Gasteiger partial charge >= 0.3 is 0 Å². The van der Waals surface area contributed by atoms with Crippen molar-refractivity contribution in [2.75, 3.05) is 38.0 Å². The van der Waals surface area contributed by atoms with Gasteiger partial charge in [0.2, 0.25) is 0 Å². The second-order valence-electron chi connectivity index (χ2n) is 5.37. The summed E-state index contributed by atoms with van der Waals surface area (Å²) in [7, 11) is 0. The van der Waals surface area contributed by atoms with Crippen LogP contribution in [-0.4, -0.2) is 53.5 Å². The predicted octanol–water partition coefficient (Wildman–Crippen LogP) is 1.51. The molecule has 1 fully saturated rings. The maximum absolute atomic E-state index is 12.0. The summed E-state index contributed by atoms with van der Waals surface area (Å²) in [6, 6.07) is 0. The minimum Gasteiger partial charge on any atom is -0.369 e. The molecule has 2 heterocycles. The Hall–Kier alpha value is -1.69. The number of nitrogens with one attached hydrogen (secondary N) is 2. The molecule has 0 bridgehead atoms. The topological polar surface area (TPSA) is 70.2 Å². The molecule has 1 aromatic rings. The summed E-state index contributed by atoms with van der Waals surface area (Å²) < 4.78 is 0. The highest BCUT2D eigenvalue weighted by atomic mass is 16.1. The summed E-state index contributed by atoms with van der Waals surface area (Å²) in [6.07, 6.45) is 7.74. The van der Waals surface area contributed by atoms with Crippen LogP contribution in [0.1, 0.15) is 43.1 Å². The van der Waals surface area contributed by atoms with E-state index in [1.165, 1.54) is 32.1 Å². The van der Waals surface area contributed by atoms with Crippen LogP contribution in [0.15, 0.2) is 12.4 Å². The van der Waals surface area contributed by atoms with E-state index in [0.717, 1.165) is 25.9 Å². The highest BCUT2D eigenvalue weighted by Crippen LogP contribution is 2.07. The summed E-state index contributed by atoms with van der Waals surface area (Å²) in [4.78, 5) is 22.8. The zero-order valence-electron chi connectivity index (χ0n) is 12.8. The van der Waals surface area contributed by atoms with Crippen LogP contribution >= 0.6 is 0 Å². The van der Waals surface area contributed by atoms with Crippen LogP contribution in [0.2, 0.25) is 0 Å². The largest absolute Gasteiger partial charge is 0.369 e. The number of amides is 1. The number of hydrogen-bond acceptors (Lipinski definition) is 5. The molecule has 6 nitrogen and oxygen atoms in total. The number of nitrogens with zero attached hydrogens (tertiary/aromatic N) is 3. The minimum atomic E-state index is -0.149. The van der Waals surface area contributed by atoms with Gasteiger partial charge in [-0.3, -0.25) is 9.78 Å². The van der Waals surface area contributed by atoms with Crippen LogP contribution in [-0.2, 0) is 0 Å². The Bertz CT molecular complexity index is 445. The fourth-order valence-corrected chi connectivity index (χ4v) is 2.41. The van der Waals surface area contributed by atoms with Crippen LogP contribution in [0.25, 0.3) is 0 Å². The molecule has 0 spiro atoms. The monoisotopic (exact) mass is 291 g/mol. The number of anilines is 1. The molecule has 0 radical (unpaired) electrons. The normalized spacial score (nSPS) is 15.1. The van der Waals surface area contributed by atoms with E-state index >= 15 is 0 Å². The molecule has 1 aliphatic heterocycles. The first-order chi connectivity index (χ1) is 10.3. The lowest BCUT2D eigenvalue weighted by atomic mass is 10.3. The molecule has 1 amide bonds. The Balaban J connectivity index is 1.71. The molecule has 0 atom stereocenters. The van der Waals surface area contributed by atoms with Gasteiger partial charge in [0.15, 0.2) is 0 Å². The number of carbonyl (C=O) groups excluding carboxylic acids is 1. The molecule has 21 heavy (non-hydrogen) atoms. The van der Waals surface area contributed by atoms with Crippen molar-refractivity contribution in [2.45, 2.75) is 32.6 Å². The summed E-state index contributed by atoms with van der Waals surface area (Å²) >= 11 is 0. The molecule has 0 aliphatic carbocycles. The quantitative estimate of drug-likeness (QED) is 0.711. The van der Waals surface area contributed by atoms with Gasteiger partial charge in [-0.05, 0) is 45.3 Å². The van der Waals surface area contributed by atoms with Crippen molar-refractivity contribution in [3.05, 3.63) is 18.1 Å². The lowest BCUT2D eigenvalue weighted by Gasteiger charge is -2.14. The Morgan fingerprint density at radius 3 is 2.86 bits per heavy atom. The lowest BCUT2D eigenvalue weighted by Crippen LogP contribution is -2.29. The van der Waals surface area contributed by atoms with E-state index in [2.05, 4.69) is 32.4 Å². The summed E-state index contributed by atoms with van der Waals surface area (Å²) in [5.41, 5.74) is 0.372. The first kappa shape index (κ1) is 15.7. The SMILES string of the molecule is CCCNc1cncc(C(=O)NCCCN2CCCC2)n1. The average Bonchev–Trinajstić information content (AvgIpc) is 3.03. The van der Waals surface area contributed by atoms with Gasteiger partial charge < -0.3 is 15.5 Å². The molecule has 116 valence electrons. The Kier molecular flexibility index (Phi) is 6.40. The first-order valence-corrected chi connectivity index (χ1v) is 7.86. The van der Waals surface area contributed by atoms with Gasteiger partial charge in [0, 0.05) is 13.1 Å². The minimum absolute atomic E-state index is 0.149. The molecule has 6 heteroatoms. The maximum atomic E-state index is 12.0. The van der Waals surface area contributed by atoms with Gasteiger partial charge in [-0.1, -0.05) is 6.92 Å². The molecule has 0 unspecified atom stereocenters. The lowest BCUT2D eigenvalue weighted by molar-refractivity contribution is 0.0946. The zero-order chi connectivity index (χ0) is 14.9. The Morgan fingerprint density at radius 1 is 1.29 bits per heavy atom. The molecular formula is C15H25N5O. The molecule has 2 rings (SSSR count). The van der Waals surface area contributed by atoms with Crippen molar-refractivity contribution in [3.8, 4) is 0 Å². The summed E-state index contributed by atoms with van der Waals surface area (Å²) in [6.45, 7) is 7.05. The van der Waals surface area contributed by atoms with Gasteiger partial charge in [0.1, 0.15) is 11.5 Å². The molecule has 1 saturated heterocycles. The molecule has 0 saturated carbocycles. The van der Waals surface area contributed by atoms with E-state index in [0.29, 0.717) is 18.1 Å². The van der Waals surface area contributed by atoms with Crippen molar-refractivity contribution in [3.63, 3.8) is 0 Å². The summed E-state index contributed by atoms with van der Waals surface area (Å²) in [5, 5.41) is 6.04. The number of hydrogen-bond donors (Lipinski definition) is 2. The van der Waals surface area contributed by atoms with Crippen molar-refractivity contribution >= 4 is 11.7 Å². The third kappa shape index (κ3) is 5.30. The number of aromatic nitrogens is 2. The zero-order valence-corrected chi connectivity index (χ0v) is 12.8. The second kappa shape index (κ2) is 8.56. The third-order valence-corrected chi connectivity index (χ3v) is 3.56. The standard InChI is InChI=1S/C15H25N5O/c1-2-6-17-14-12-16-11-13(19-14)15(21)18-7-5-10-20-8-3-4-9-20/h11-12H,2-10H2,1H3,(H,17,19)(H,18,21). The fraction of sp³-hybridized carbons (Fsp3) is 0.667. The average molecular weight is 291 g/mol. The predicted molar refractivity (Wildman–Crippen MR) is 83.4 cm³/mol. The van der Waals surface area contributed by atoms with Crippen LogP contribution in [0.5, 0.6) is 0 Å². The molecular weight excluding hydrogens is 266 g/mol. The molecule has 1 aliphatic rings. The van der Waals surface area contributed by atoms with E-state index in [9.17, 15) is 4.79 Å². The molecule has 2 N–H and O–H groups in total. The van der Waals surface area contributed by atoms with Gasteiger partial charge in [0.25, 0.3) is 5.91 Å². The van der Waals surface area contributed by atoms with E-state index in [1.54, 1.807) is 6.20 Å². The maximum Gasteiger partial charge on any atom is 0.271 e. The van der Waals surface area contributed by atoms with E-state index < -0.39 is 0 Å². The van der Waals surface area contributed by atoms with Crippen LogP contribution in [0, 0.1) is 0 Å². The Morgan fingerprint density at radius 2 is 2.10 bits per heavy atom. The van der Waals surface area contributed by atoms with Crippen molar-refractivity contribution < 1.29 is 4.79 Å². The Labute approximate surface area is 126 Å². The van der Waals surface area contributed by atoms with Gasteiger partial charge in [0.05, 0.1) is 12.4 Å². The number of carbonyl (C=O) groups is 1. The third-order valence-electron chi connectivity index (χ3n) is 3.56. The first-order valence-electron chi connectivity index (χ1n) is 7.86. The highest BCUT2D eigenvalue weighted by molar-refractivity contribution is 5.92. The van der Waals surface area contributed by atoms with Crippen molar-refractivity contribution in [1.82, 2.24) is 20.2 Å². The van der Waals surface area contributed by atoms with Crippen LogP contribution < -0.4 is 10.6 Å². The van der Waals surface area contributed by atoms with Gasteiger partial charge in [-0.2, -0.15) is 0 Å². The van der Waals surface area contributed by atoms with E-state index in [1.807, 2.05) is 0 Å². The van der Waals surface area contributed by atoms with Gasteiger partial charge in [-0.15, -0.1) is 0 Å². The smallest absolute Gasteiger partial charge is 0.271 e.